The largest absolute Gasteiger partial charge is 0.486 e. The van der Waals surface area contributed by atoms with E-state index in [2.05, 4.69) is 45.1 Å². The normalized spacial score (nSPS) is 11.2. The predicted molar refractivity (Wildman–Crippen MR) is 149 cm³/mol. The number of para-hydroxylation sites is 2. The molecule has 0 fully saturated rings. The summed E-state index contributed by atoms with van der Waals surface area (Å²) < 4.78 is 10.8. The Hall–Kier alpha value is -4.20. The monoisotopic (exact) mass is 523 g/mol. The maximum atomic E-state index is 6.17. The van der Waals surface area contributed by atoms with Gasteiger partial charge in [0.2, 0.25) is 0 Å². The van der Waals surface area contributed by atoms with Gasteiger partial charge < -0.3 is 9.30 Å². The molecular weight excluding hydrogens is 502 g/mol. The van der Waals surface area contributed by atoms with Crippen LogP contribution in [0.3, 0.4) is 0 Å². The molecule has 2 aromatic heterocycles. The number of fused-ring (bicyclic) bond motifs is 1. The number of rotatable bonds is 7. The Labute approximate surface area is 223 Å². The smallest absolute Gasteiger partial charge is 0.200 e. The number of imidazole rings is 1. The van der Waals surface area contributed by atoms with E-state index in [1.54, 1.807) is 0 Å². The summed E-state index contributed by atoms with van der Waals surface area (Å²) >= 11 is 11.5. The van der Waals surface area contributed by atoms with Crippen LogP contribution in [0.25, 0.3) is 28.1 Å². The lowest BCUT2D eigenvalue weighted by molar-refractivity contribution is 0.291. The fraction of sp³-hybridized carbons (Fsp3) is 0.0690. The van der Waals surface area contributed by atoms with Crippen molar-refractivity contribution < 1.29 is 4.74 Å². The number of halogens is 1. The second-order valence-corrected chi connectivity index (χ2v) is 9.39. The lowest BCUT2D eigenvalue weighted by Gasteiger charge is -2.11. The molecule has 0 aliphatic carbocycles. The van der Waals surface area contributed by atoms with Crippen molar-refractivity contribution in [3.05, 3.63) is 124 Å². The predicted octanol–water partition coefficient (Wildman–Crippen LogP) is 7.23. The van der Waals surface area contributed by atoms with Crippen molar-refractivity contribution in [2.45, 2.75) is 13.2 Å². The Morgan fingerprint density at radius 1 is 0.838 bits per heavy atom. The van der Waals surface area contributed by atoms with Crippen LogP contribution in [-0.4, -0.2) is 24.3 Å². The zero-order chi connectivity index (χ0) is 25.2. The van der Waals surface area contributed by atoms with Gasteiger partial charge in [0.1, 0.15) is 18.2 Å². The Balaban J connectivity index is 1.24. The maximum Gasteiger partial charge on any atom is 0.200 e. The van der Waals surface area contributed by atoms with Crippen LogP contribution in [0.15, 0.2) is 103 Å². The molecule has 6 rings (SSSR count). The van der Waals surface area contributed by atoms with Gasteiger partial charge in [-0.1, -0.05) is 54.1 Å². The summed E-state index contributed by atoms with van der Waals surface area (Å²) in [5.41, 5.74) is 5.05. The van der Waals surface area contributed by atoms with Crippen LogP contribution in [-0.2, 0) is 13.2 Å². The molecule has 0 saturated carbocycles. The van der Waals surface area contributed by atoms with Crippen molar-refractivity contribution in [3.63, 3.8) is 0 Å². The van der Waals surface area contributed by atoms with Crippen LogP contribution in [0.2, 0.25) is 5.02 Å². The zero-order valence-corrected chi connectivity index (χ0v) is 21.3. The molecule has 0 unspecified atom stereocenters. The van der Waals surface area contributed by atoms with Gasteiger partial charge in [0.05, 0.1) is 16.7 Å². The highest BCUT2D eigenvalue weighted by Gasteiger charge is 2.13. The van der Waals surface area contributed by atoms with Gasteiger partial charge in [0.25, 0.3) is 0 Å². The summed E-state index contributed by atoms with van der Waals surface area (Å²) in [7, 11) is 0. The Bertz CT molecular complexity index is 1720. The molecule has 4 aromatic carbocycles. The Kier molecular flexibility index (Phi) is 6.30. The van der Waals surface area contributed by atoms with Gasteiger partial charge in [-0.3, -0.25) is 9.67 Å². The average molecular weight is 524 g/mol. The highest BCUT2D eigenvalue weighted by molar-refractivity contribution is 7.71. The van der Waals surface area contributed by atoms with Gasteiger partial charge >= 0.3 is 0 Å². The van der Waals surface area contributed by atoms with Crippen molar-refractivity contribution in [1.82, 2.24) is 24.3 Å². The quantitative estimate of drug-likeness (QED) is 0.224. The zero-order valence-electron chi connectivity index (χ0n) is 19.7. The Morgan fingerprint density at radius 2 is 1.57 bits per heavy atom. The van der Waals surface area contributed by atoms with Gasteiger partial charge in [-0.2, -0.15) is 5.10 Å². The van der Waals surface area contributed by atoms with E-state index in [1.165, 1.54) is 5.56 Å². The molecule has 6 aromatic rings. The van der Waals surface area contributed by atoms with E-state index >= 15 is 0 Å². The van der Waals surface area contributed by atoms with Gasteiger partial charge in [-0.05, 0) is 78.4 Å². The van der Waals surface area contributed by atoms with Crippen LogP contribution in [0.1, 0.15) is 11.4 Å². The molecule has 37 heavy (non-hydrogen) atoms. The van der Waals surface area contributed by atoms with E-state index in [1.807, 2.05) is 77.4 Å². The lowest BCUT2D eigenvalue weighted by Crippen LogP contribution is -2.08. The number of nitrogens with zero attached hydrogens (tertiary/aromatic N) is 4. The van der Waals surface area contributed by atoms with E-state index in [9.17, 15) is 0 Å². The average Bonchev–Trinajstić information content (AvgIpc) is 3.49. The number of nitrogens with one attached hydrogen (secondary N) is 1. The number of hydrogen-bond acceptors (Lipinski definition) is 4. The van der Waals surface area contributed by atoms with Gasteiger partial charge in [-0.15, -0.1) is 0 Å². The summed E-state index contributed by atoms with van der Waals surface area (Å²) in [6.45, 7) is 1.08. The summed E-state index contributed by atoms with van der Waals surface area (Å²) in [5, 5.41) is 8.00. The first kappa shape index (κ1) is 23.2. The van der Waals surface area contributed by atoms with Crippen molar-refractivity contribution >= 4 is 34.9 Å². The number of ether oxygens (including phenoxy) is 1. The van der Waals surface area contributed by atoms with Crippen LogP contribution in [0, 0.1) is 4.77 Å². The third kappa shape index (κ3) is 4.79. The molecule has 0 atom stereocenters. The van der Waals surface area contributed by atoms with E-state index in [4.69, 9.17) is 33.5 Å². The number of H-pyrrole nitrogens is 1. The molecule has 0 aliphatic heterocycles. The van der Waals surface area contributed by atoms with E-state index in [0.717, 1.165) is 40.4 Å². The van der Waals surface area contributed by atoms with Crippen molar-refractivity contribution in [2.75, 3.05) is 0 Å². The molecule has 182 valence electrons. The van der Waals surface area contributed by atoms with Crippen LogP contribution < -0.4 is 4.74 Å². The molecule has 2 heterocycles. The highest BCUT2D eigenvalue weighted by atomic mass is 35.5. The standard InChI is InChI=1S/C29H22ClN5OS/c30-22-12-14-23(15-13-22)35-28(32-33-29(35)37)21-10-16-24(17-11-21)36-19-27-31-25-8-4-5-9-26(25)34(27)18-20-6-2-1-3-7-20/h1-17H,18-19H2,(H,33,37). The molecule has 0 spiro atoms. The minimum atomic E-state index is 0.352. The second kappa shape index (κ2) is 10.0. The first-order valence-corrected chi connectivity index (χ1v) is 12.6. The van der Waals surface area contributed by atoms with E-state index in [-0.39, 0.29) is 0 Å². The van der Waals surface area contributed by atoms with Crippen LogP contribution in [0.5, 0.6) is 5.75 Å². The summed E-state index contributed by atoms with van der Waals surface area (Å²) in [6, 6.07) is 33.8. The minimum absolute atomic E-state index is 0.352. The molecule has 8 heteroatoms. The third-order valence-electron chi connectivity index (χ3n) is 6.15. The topological polar surface area (TPSA) is 60.7 Å². The first-order valence-electron chi connectivity index (χ1n) is 11.8. The van der Waals surface area contributed by atoms with E-state index < -0.39 is 0 Å². The second-order valence-electron chi connectivity index (χ2n) is 8.57. The van der Waals surface area contributed by atoms with E-state index in [0.29, 0.717) is 22.2 Å². The molecule has 0 saturated heterocycles. The number of hydrogen-bond donors (Lipinski definition) is 1. The molecule has 0 radical (unpaired) electrons. The SMILES string of the molecule is S=c1[nH]nc(-c2ccc(OCc3nc4ccccc4n3Cc3ccccc3)cc2)n1-c1ccc(Cl)cc1. The lowest BCUT2D eigenvalue weighted by atomic mass is 10.2. The molecule has 0 amide bonds. The highest BCUT2D eigenvalue weighted by Crippen LogP contribution is 2.26. The van der Waals surface area contributed by atoms with Crippen LogP contribution >= 0.6 is 23.8 Å². The summed E-state index contributed by atoms with van der Waals surface area (Å²) in [5.74, 6) is 2.33. The van der Waals surface area contributed by atoms with Crippen molar-refractivity contribution in [3.8, 4) is 22.8 Å². The fourth-order valence-corrected chi connectivity index (χ4v) is 4.71. The molecule has 0 aliphatic rings. The van der Waals surface area contributed by atoms with Crippen molar-refractivity contribution in [1.29, 1.82) is 0 Å². The van der Waals surface area contributed by atoms with Crippen molar-refractivity contribution in [2.24, 2.45) is 0 Å². The van der Waals surface area contributed by atoms with Crippen LogP contribution in [0.4, 0.5) is 0 Å². The number of aromatic amines is 1. The number of aromatic nitrogens is 5. The summed E-state index contributed by atoms with van der Waals surface area (Å²) in [6.07, 6.45) is 0. The minimum Gasteiger partial charge on any atom is -0.486 e. The summed E-state index contributed by atoms with van der Waals surface area (Å²) in [4.78, 5) is 4.84. The van der Waals surface area contributed by atoms with Gasteiger partial charge in [0.15, 0.2) is 10.6 Å². The molecule has 6 nitrogen and oxygen atoms in total. The molecular formula is C29H22ClN5OS. The fourth-order valence-electron chi connectivity index (χ4n) is 4.35. The van der Waals surface area contributed by atoms with Gasteiger partial charge in [-0.25, -0.2) is 4.98 Å². The molecule has 0 bridgehead atoms. The number of benzene rings is 4. The Morgan fingerprint density at radius 3 is 2.35 bits per heavy atom. The first-order chi connectivity index (χ1) is 18.2. The molecule has 1 N–H and O–H groups in total. The maximum absolute atomic E-state index is 6.17. The third-order valence-corrected chi connectivity index (χ3v) is 6.68. The van der Waals surface area contributed by atoms with Gasteiger partial charge in [0, 0.05) is 17.1 Å².